The molecule has 0 spiro atoms. The van der Waals surface area contributed by atoms with E-state index in [0.717, 1.165) is 31.7 Å². The van der Waals surface area contributed by atoms with Crippen molar-refractivity contribution in [2.24, 2.45) is 0 Å². The van der Waals surface area contributed by atoms with Crippen LogP contribution in [0.5, 0.6) is 0 Å². The van der Waals surface area contributed by atoms with Crippen molar-refractivity contribution in [1.29, 1.82) is 0 Å². The van der Waals surface area contributed by atoms with Gasteiger partial charge in [-0.05, 0) is 70.2 Å². The Morgan fingerprint density at radius 1 is 0.857 bits per heavy atom. The topological polar surface area (TPSA) is 23.6 Å². The Hall–Kier alpha value is -1.49. The van der Waals surface area contributed by atoms with Gasteiger partial charge in [0, 0.05) is 10.4 Å². The maximum atomic E-state index is 13.9. The Kier molecular flexibility index (Phi) is 6.61. The number of hydrogen-bond donors (Lipinski definition) is 0. The first kappa shape index (κ1) is 19.8. The number of carbonyl (C=O) groups excluding carboxylic acids is 1. The molecule has 1 aromatic heterocycles. The van der Waals surface area contributed by atoms with Crippen molar-refractivity contribution in [2.45, 2.75) is 57.5 Å². The maximum absolute atomic E-state index is 13.9. The van der Waals surface area contributed by atoms with Gasteiger partial charge < -0.3 is 0 Å². The third kappa shape index (κ3) is 4.40. The molecule has 2 saturated heterocycles. The molecule has 0 N–H and O–H groups in total. The highest BCUT2D eigenvalue weighted by Gasteiger charge is 2.39. The van der Waals surface area contributed by atoms with Crippen LogP contribution in [0.2, 0.25) is 0 Å². The lowest BCUT2D eigenvalue weighted by Crippen LogP contribution is -2.53. The molecule has 2 fully saturated rings. The van der Waals surface area contributed by atoms with E-state index in [1.54, 1.807) is 0 Å². The fourth-order valence-electron chi connectivity index (χ4n) is 4.79. The minimum atomic E-state index is -0.0836. The van der Waals surface area contributed by atoms with Gasteiger partial charge in [-0.2, -0.15) is 0 Å². The number of benzene rings is 1. The highest BCUT2D eigenvalue weighted by atomic mass is 32.1. The lowest BCUT2D eigenvalue weighted by molar-refractivity contribution is 0.0435. The smallest absolute Gasteiger partial charge is 0.181 e. The summed E-state index contributed by atoms with van der Waals surface area (Å²) in [5.74, 6) is 0.297. The molecule has 0 aliphatic carbocycles. The minimum Gasteiger partial charge on any atom is -0.294 e. The molecule has 3 heterocycles. The van der Waals surface area contributed by atoms with Gasteiger partial charge in [0.05, 0.1) is 12.1 Å². The Morgan fingerprint density at radius 2 is 1.46 bits per heavy atom. The molecule has 2 atom stereocenters. The quantitative estimate of drug-likeness (QED) is 0.617. The van der Waals surface area contributed by atoms with E-state index in [1.807, 2.05) is 23.5 Å². The molecule has 2 aliphatic heterocycles. The number of piperidine rings is 2. The number of thiophene rings is 1. The zero-order valence-electron chi connectivity index (χ0n) is 17.0. The first-order chi connectivity index (χ1) is 13.7. The zero-order chi connectivity index (χ0) is 19.3. The van der Waals surface area contributed by atoms with Crippen molar-refractivity contribution < 1.29 is 4.79 Å². The number of carbonyl (C=O) groups is 1. The number of likely N-dealkylation sites (tertiary alicyclic amines) is 2. The number of rotatable bonds is 6. The molecule has 150 valence electrons. The van der Waals surface area contributed by atoms with Crippen LogP contribution in [-0.4, -0.2) is 47.8 Å². The van der Waals surface area contributed by atoms with Crippen LogP contribution in [0.15, 0.2) is 41.8 Å². The van der Waals surface area contributed by atoms with Gasteiger partial charge in [0.2, 0.25) is 0 Å². The molecule has 0 saturated carbocycles. The average molecular weight is 397 g/mol. The van der Waals surface area contributed by atoms with E-state index >= 15 is 0 Å². The summed E-state index contributed by atoms with van der Waals surface area (Å²) >= 11 is 1.81. The molecule has 0 radical (unpaired) electrons. The summed E-state index contributed by atoms with van der Waals surface area (Å²) in [5.41, 5.74) is 2.07. The molecule has 4 heteroatoms. The monoisotopic (exact) mass is 396 g/mol. The fourth-order valence-corrected chi connectivity index (χ4v) is 5.67. The summed E-state index contributed by atoms with van der Waals surface area (Å²) in [5, 5.41) is 2.16. The van der Waals surface area contributed by atoms with Crippen LogP contribution in [0.4, 0.5) is 0 Å². The highest BCUT2D eigenvalue weighted by molar-refractivity contribution is 7.10. The van der Waals surface area contributed by atoms with Crippen LogP contribution >= 0.6 is 11.3 Å². The second-order valence-corrected chi connectivity index (χ2v) is 9.31. The number of nitrogens with zero attached hydrogens (tertiary/aromatic N) is 2. The lowest BCUT2D eigenvalue weighted by atomic mass is 9.91. The molecular formula is C24H32N2OS. The van der Waals surface area contributed by atoms with Crippen molar-refractivity contribution >= 4 is 17.1 Å². The van der Waals surface area contributed by atoms with Crippen LogP contribution < -0.4 is 0 Å². The van der Waals surface area contributed by atoms with E-state index in [9.17, 15) is 4.79 Å². The Morgan fingerprint density at radius 3 is 2.04 bits per heavy atom. The van der Waals surface area contributed by atoms with E-state index in [2.05, 4.69) is 46.4 Å². The largest absolute Gasteiger partial charge is 0.294 e. The number of Topliss-reactive ketones (excluding diaryl/α,β-unsaturated/α-hetero) is 1. The third-order valence-electron chi connectivity index (χ3n) is 6.31. The van der Waals surface area contributed by atoms with Gasteiger partial charge >= 0.3 is 0 Å². The Labute approximate surface area is 173 Å². The minimum absolute atomic E-state index is 0.0836. The first-order valence-corrected chi connectivity index (χ1v) is 11.7. The molecule has 0 amide bonds. The van der Waals surface area contributed by atoms with Crippen LogP contribution in [-0.2, 0) is 0 Å². The molecule has 2 aromatic rings. The van der Waals surface area contributed by atoms with Crippen molar-refractivity contribution in [2.75, 3.05) is 26.2 Å². The van der Waals surface area contributed by atoms with Crippen LogP contribution in [0.1, 0.15) is 65.4 Å². The summed E-state index contributed by atoms with van der Waals surface area (Å²) in [7, 11) is 0. The molecule has 28 heavy (non-hydrogen) atoms. The Bertz CT molecular complexity index is 743. The van der Waals surface area contributed by atoms with Crippen LogP contribution in [0.3, 0.4) is 0 Å². The fraction of sp³-hybridized carbons (Fsp3) is 0.542. The van der Waals surface area contributed by atoms with Gasteiger partial charge in [-0.1, -0.05) is 48.7 Å². The van der Waals surface area contributed by atoms with Crippen molar-refractivity contribution in [3.8, 4) is 0 Å². The zero-order valence-corrected chi connectivity index (χ0v) is 17.8. The summed E-state index contributed by atoms with van der Waals surface area (Å²) < 4.78 is 0. The number of hydrogen-bond acceptors (Lipinski definition) is 4. The summed E-state index contributed by atoms with van der Waals surface area (Å²) in [4.78, 5) is 20.3. The van der Waals surface area contributed by atoms with Gasteiger partial charge in [-0.15, -0.1) is 11.3 Å². The normalized spacial score (nSPS) is 21.3. The summed E-state index contributed by atoms with van der Waals surface area (Å²) in [6.45, 7) is 6.37. The van der Waals surface area contributed by atoms with Crippen LogP contribution in [0.25, 0.3) is 0 Å². The highest BCUT2D eigenvalue weighted by Crippen LogP contribution is 2.35. The van der Waals surface area contributed by atoms with Gasteiger partial charge in [0.25, 0.3) is 0 Å². The van der Waals surface area contributed by atoms with E-state index in [0.29, 0.717) is 5.78 Å². The summed E-state index contributed by atoms with van der Waals surface area (Å²) in [6, 6.07) is 12.7. The van der Waals surface area contributed by atoms with Crippen molar-refractivity contribution in [1.82, 2.24) is 9.80 Å². The first-order valence-electron chi connectivity index (χ1n) is 10.9. The molecular weight excluding hydrogens is 364 g/mol. The molecule has 4 rings (SSSR count). The van der Waals surface area contributed by atoms with Gasteiger partial charge in [-0.3, -0.25) is 14.6 Å². The third-order valence-corrected chi connectivity index (χ3v) is 7.25. The Balaban J connectivity index is 1.72. The standard InChI is InChI=1S/C24H32N2OS/c1-19-10-12-20(13-11-19)24(27)23(26-16-6-3-7-17-26)22(21-9-8-18-28-21)25-14-4-2-5-15-25/h8-13,18,22-23H,2-7,14-17H2,1H3. The molecule has 0 bridgehead atoms. The van der Waals surface area contributed by atoms with Gasteiger partial charge in [0.1, 0.15) is 0 Å². The molecule has 3 nitrogen and oxygen atoms in total. The van der Waals surface area contributed by atoms with E-state index in [4.69, 9.17) is 0 Å². The molecule has 1 aromatic carbocycles. The molecule has 2 unspecified atom stereocenters. The second-order valence-electron chi connectivity index (χ2n) is 8.33. The average Bonchev–Trinajstić information content (AvgIpc) is 3.27. The predicted molar refractivity (Wildman–Crippen MR) is 117 cm³/mol. The van der Waals surface area contributed by atoms with E-state index in [-0.39, 0.29) is 12.1 Å². The van der Waals surface area contributed by atoms with Crippen molar-refractivity contribution in [3.05, 3.63) is 57.8 Å². The summed E-state index contributed by atoms with van der Waals surface area (Å²) in [6.07, 6.45) is 7.49. The lowest BCUT2D eigenvalue weighted by Gasteiger charge is -2.44. The van der Waals surface area contributed by atoms with E-state index < -0.39 is 0 Å². The molecule has 2 aliphatic rings. The van der Waals surface area contributed by atoms with Gasteiger partial charge in [0.15, 0.2) is 5.78 Å². The predicted octanol–water partition coefficient (Wildman–Crippen LogP) is 5.32. The van der Waals surface area contributed by atoms with Gasteiger partial charge in [-0.25, -0.2) is 0 Å². The van der Waals surface area contributed by atoms with Crippen molar-refractivity contribution in [3.63, 3.8) is 0 Å². The number of ketones is 1. The van der Waals surface area contributed by atoms with Crippen LogP contribution in [0, 0.1) is 6.92 Å². The SMILES string of the molecule is Cc1ccc(C(=O)C(C(c2cccs2)N2CCCCC2)N2CCCCC2)cc1. The maximum Gasteiger partial charge on any atom is 0.181 e. The second kappa shape index (κ2) is 9.34. The van der Waals surface area contributed by atoms with E-state index in [1.165, 1.54) is 49.0 Å². The number of aryl methyl sites for hydroxylation is 1.